The van der Waals surface area contributed by atoms with Gasteiger partial charge in [-0.1, -0.05) is 0 Å². The third-order valence-electron chi connectivity index (χ3n) is 1.93. The molecule has 0 aliphatic rings. The molecule has 1 aromatic carbocycles. The Hall–Kier alpha value is -1.75. The molecule has 0 amide bonds. The number of rotatable bonds is 2. The van der Waals surface area contributed by atoms with E-state index in [4.69, 9.17) is 11.6 Å². The average Bonchev–Trinajstić information content (AvgIpc) is 2.16. The number of carbonyl (C=O) groups excluding carboxylic acids is 1. The number of methoxy groups -OCH3 is 1. The Morgan fingerprint density at radius 2 is 2.14 bits per heavy atom. The van der Waals surface area contributed by atoms with Gasteiger partial charge in [-0.05, 0) is 24.6 Å². The molecule has 0 atom stereocenters. The third kappa shape index (κ3) is 1.77. The molecule has 0 aliphatic carbocycles. The van der Waals surface area contributed by atoms with Crippen molar-refractivity contribution in [3.05, 3.63) is 23.3 Å². The second kappa shape index (κ2) is 3.97. The van der Waals surface area contributed by atoms with Crippen LogP contribution in [0.3, 0.4) is 0 Å². The quantitative estimate of drug-likeness (QED) is 0.279. The van der Waals surface area contributed by atoms with Crippen molar-refractivity contribution in [2.45, 2.75) is 6.92 Å². The maximum Gasteiger partial charge on any atom is 0.337 e. The number of hydrogen-bond acceptors (Lipinski definition) is 5. The minimum atomic E-state index is -0.414. The number of benzene rings is 1. The molecule has 5 nitrogen and oxygen atoms in total. The number of hydrogen-bond donors (Lipinski definition) is 3. The maximum atomic E-state index is 11.2. The van der Waals surface area contributed by atoms with Crippen molar-refractivity contribution in [2.24, 2.45) is 5.84 Å². The smallest absolute Gasteiger partial charge is 0.337 e. The number of anilines is 2. The zero-order valence-corrected chi connectivity index (χ0v) is 8.13. The van der Waals surface area contributed by atoms with Crippen molar-refractivity contribution in [3.63, 3.8) is 0 Å². The van der Waals surface area contributed by atoms with Crippen molar-refractivity contribution in [1.82, 2.24) is 0 Å². The van der Waals surface area contributed by atoms with Crippen LogP contribution < -0.4 is 17.0 Å². The summed E-state index contributed by atoms with van der Waals surface area (Å²) in [6.45, 7) is 1.80. The summed E-state index contributed by atoms with van der Waals surface area (Å²) in [6, 6.07) is 3.19. The fourth-order valence-electron chi connectivity index (χ4n) is 1.25. The molecule has 76 valence electrons. The number of esters is 1. The van der Waals surface area contributed by atoms with E-state index in [0.29, 0.717) is 16.9 Å². The largest absolute Gasteiger partial charge is 0.465 e. The van der Waals surface area contributed by atoms with E-state index < -0.39 is 5.97 Å². The highest BCUT2D eigenvalue weighted by molar-refractivity contribution is 5.92. The Labute approximate surface area is 82.0 Å². The van der Waals surface area contributed by atoms with Crippen LogP contribution in [0.2, 0.25) is 0 Å². The number of nitrogens with one attached hydrogen (secondary N) is 1. The molecule has 0 heterocycles. The zero-order chi connectivity index (χ0) is 10.7. The summed E-state index contributed by atoms with van der Waals surface area (Å²) >= 11 is 0. The van der Waals surface area contributed by atoms with Gasteiger partial charge < -0.3 is 15.9 Å². The van der Waals surface area contributed by atoms with Gasteiger partial charge in [-0.2, -0.15) is 0 Å². The number of aryl methyl sites for hydroxylation is 1. The van der Waals surface area contributed by atoms with Crippen LogP contribution >= 0.6 is 0 Å². The summed E-state index contributed by atoms with van der Waals surface area (Å²) in [5, 5.41) is 0. The van der Waals surface area contributed by atoms with Gasteiger partial charge in [0, 0.05) is 0 Å². The predicted molar refractivity (Wildman–Crippen MR) is 54.7 cm³/mol. The highest BCUT2D eigenvalue weighted by Crippen LogP contribution is 2.24. The fourth-order valence-corrected chi connectivity index (χ4v) is 1.25. The molecule has 14 heavy (non-hydrogen) atoms. The summed E-state index contributed by atoms with van der Waals surface area (Å²) in [7, 11) is 1.32. The van der Waals surface area contributed by atoms with Crippen LogP contribution in [0.25, 0.3) is 0 Å². The van der Waals surface area contributed by atoms with Gasteiger partial charge >= 0.3 is 5.97 Å². The molecule has 0 saturated heterocycles. The van der Waals surface area contributed by atoms with Gasteiger partial charge in [0.1, 0.15) is 0 Å². The minimum Gasteiger partial charge on any atom is -0.465 e. The zero-order valence-electron chi connectivity index (χ0n) is 8.13. The van der Waals surface area contributed by atoms with E-state index in [1.54, 1.807) is 13.0 Å². The molecule has 0 saturated carbocycles. The van der Waals surface area contributed by atoms with E-state index in [2.05, 4.69) is 10.2 Å². The van der Waals surface area contributed by atoms with E-state index in [0.717, 1.165) is 5.56 Å². The van der Waals surface area contributed by atoms with Crippen molar-refractivity contribution >= 4 is 17.3 Å². The molecule has 5 N–H and O–H groups in total. The molecular weight excluding hydrogens is 182 g/mol. The molecular formula is C9H13N3O2. The highest BCUT2D eigenvalue weighted by Gasteiger charge is 2.10. The third-order valence-corrected chi connectivity index (χ3v) is 1.93. The minimum absolute atomic E-state index is 0.414. The number of nitrogen functional groups attached to an aromatic ring is 2. The topological polar surface area (TPSA) is 90.4 Å². The van der Waals surface area contributed by atoms with Gasteiger partial charge in [0.15, 0.2) is 0 Å². The molecule has 0 unspecified atom stereocenters. The number of carbonyl (C=O) groups is 1. The monoisotopic (exact) mass is 195 g/mol. The van der Waals surface area contributed by atoms with Gasteiger partial charge in [0.2, 0.25) is 0 Å². The van der Waals surface area contributed by atoms with Gasteiger partial charge in [-0.3, -0.25) is 5.84 Å². The van der Waals surface area contributed by atoms with Gasteiger partial charge in [-0.25, -0.2) is 4.79 Å². The summed E-state index contributed by atoms with van der Waals surface area (Å²) in [5.41, 5.74) is 10.4. The van der Waals surface area contributed by atoms with Crippen LogP contribution in [-0.2, 0) is 4.74 Å². The molecule has 1 aromatic rings. The lowest BCUT2D eigenvalue weighted by Crippen LogP contribution is -2.12. The van der Waals surface area contributed by atoms with Gasteiger partial charge in [0.05, 0.1) is 24.0 Å². The lowest BCUT2D eigenvalue weighted by molar-refractivity contribution is 0.0600. The van der Waals surface area contributed by atoms with Crippen LogP contribution in [-0.4, -0.2) is 13.1 Å². The van der Waals surface area contributed by atoms with E-state index in [9.17, 15) is 4.79 Å². The lowest BCUT2D eigenvalue weighted by Gasteiger charge is -2.10. The molecule has 0 radical (unpaired) electrons. The maximum absolute atomic E-state index is 11.2. The standard InChI is InChI=1S/C9H13N3O2/c1-5-3-6(9(13)14-2)4-7(10)8(5)12-11/h3-4,12H,10-11H2,1-2H3. The first-order valence-electron chi connectivity index (χ1n) is 4.05. The molecule has 0 fully saturated rings. The Morgan fingerprint density at radius 3 is 2.57 bits per heavy atom. The van der Waals surface area contributed by atoms with Crippen molar-refractivity contribution in [3.8, 4) is 0 Å². The summed E-state index contributed by atoms with van der Waals surface area (Å²) in [4.78, 5) is 11.2. The van der Waals surface area contributed by atoms with E-state index in [1.807, 2.05) is 0 Å². The number of nitrogens with two attached hydrogens (primary N) is 2. The first-order valence-corrected chi connectivity index (χ1v) is 4.05. The van der Waals surface area contributed by atoms with Crippen molar-refractivity contribution < 1.29 is 9.53 Å². The molecule has 0 aromatic heterocycles. The molecule has 5 heteroatoms. The first kappa shape index (κ1) is 10.3. The normalized spacial score (nSPS) is 9.64. The molecule has 0 bridgehead atoms. The lowest BCUT2D eigenvalue weighted by atomic mass is 10.1. The van der Waals surface area contributed by atoms with Crippen molar-refractivity contribution in [1.29, 1.82) is 0 Å². The Kier molecular flexibility index (Phi) is 2.93. The van der Waals surface area contributed by atoms with Crippen LogP contribution in [0.5, 0.6) is 0 Å². The van der Waals surface area contributed by atoms with Gasteiger partial charge in [-0.15, -0.1) is 0 Å². The Balaban J connectivity index is 3.20. The molecule has 1 rings (SSSR count). The van der Waals surface area contributed by atoms with E-state index in [1.165, 1.54) is 13.2 Å². The van der Waals surface area contributed by atoms with E-state index >= 15 is 0 Å². The number of ether oxygens (including phenoxy) is 1. The molecule has 0 aliphatic heterocycles. The Morgan fingerprint density at radius 1 is 1.50 bits per heavy atom. The fraction of sp³-hybridized carbons (Fsp3) is 0.222. The summed E-state index contributed by atoms with van der Waals surface area (Å²) < 4.78 is 4.57. The summed E-state index contributed by atoms with van der Waals surface area (Å²) in [6.07, 6.45) is 0. The van der Waals surface area contributed by atoms with Crippen LogP contribution in [0.15, 0.2) is 12.1 Å². The molecule has 0 spiro atoms. The Bertz CT molecular complexity index is 340. The van der Waals surface area contributed by atoms with Gasteiger partial charge in [0.25, 0.3) is 0 Å². The van der Waals surface area contributed by atoms with Crippen LogP contribution in [0, 0.1) is 6.92 Å². The van der Waals surface area contributed by atoms with E-state index in [-0.39, 0.29) is 0 Å². The summed E-state index contributed by atoms with van der Waals surface area (Å²) in [5.74, 6) is 4.85. The van der Waals surface area contributed by atoms with Crippen LogP contribution in [0.1, 0.15) is 15.9 Å². The first-order chi connectivity index (χ1) is 6.60. The number of hydrazine groups is 1. The second-order valence-corrected chi connectivity index (χ2v) is 2.89. The van der Waals surface area contributed by atoms with Crippen molar-refractivity contribution in [2.75, 3.05) is 18.3 Å². The predicted octanol–water partition coefficient (Wildman–Crippen LogP) is 0.649. The second-order valence-electron chi connectivity index (χ2n) is 2.89. The average molecular weight is 195 g/mol. The highest BCUT2D eigenvalue weighted by atomic mass is 16.5. The van der Waals surface area contributed by atoms with Crippen LogP contribution in [0.4, 0.5) is 11.4 Å². The SMILES string of the molecule is COC(=O)c1cc(C)c(NN)c(N)c1.